The van der Waals surface area contributed by atoms with Crippen molar-refractivity contribution in [1.29, 1.82) is 0 Å². The first-order chi connectivity index (χ1) is 8.76. The zero-order valence-electron chi connectivity index (χ0n) is 11.1. The minimum absolute atomic E-state index is 0.129. The molecule has 100 valence electrons. The lowest BCUT2D eigenvalue weighted by molar-refractivity contribution is 0.0819. The molecule has 1 aliphatic rings. The Kier molecular flexibility index (Phi) is 4.55. The summed E-state index contributed by atoms with van der Waals surface area (Å²) < 4.78 is 19.2. The highest BCUT2D eigenvalue weighted by molar-refractivity contribution is 5.54. The fourth-order valence-corrected chi connectivity index (χ4v) is 2.53. The zero-order valence-corrected chi connectivity index (χ0v) is 11.1. The Balaban J connectivity index is 2.15. The molecule has 0 bridgehead atoms. The Hall–Kier alpha value is -1.13. The molecule has 0 aromatic heterocycles. The molecule has 0 radical (unpaired) electrons. The van der Waals surface area contributed by atoms with Crippen LogP contribution in [0.4, 0.5) is 10.1 Å². The van der Waals surface area contributed by atoms with Gasteiger partial charge in [0.1, 0.15) is 5.82 Å². The van der Waals surface area contributed by atoms with Gasteiger partial charge in [0.05, 0.1) is 6.10 Å². The van der Waals surface area contributed by atoms with Crippen LogP contribution in [0.15, 0.2) is 18.2 Å². The number of ether oxygens (including phenoxy) is 1. The van der Waals surface area contributed by atoms with Gasteiger partial charge < -0.3 is 15.0 Å². The maximum absolute atomic E-state index is 13.8. The lowest BCUT2D eigenvalue weighted by Crippen LogP contribution is -2.37. The van der Waals surface area contributed by atoms with Crippen molar-refractivity contribution in [1.82, 2.24) is 5.32 Å². The summed E-state index contributed by atoms with van der Waals surface area (Å²) in [4.78, 5) is 2.26. The Morgan fingerprint density at radius 3 is 2.72 bits per heavy atom. The first-order valence-corrected chi connectivity index (χ1v) is 6.46. The summed E-state index contributed by atoms with van der Waals surface area (Å²) in [6.45, 7) is 2.42. The number of nitrogens with one attached hydrogen (secondary N) is 1. The molecule has 1 aliphatic heterocycles. The summed E-state index contributed by atoms with van der Waals surface area (Å²) in [5.74, 6) is -0.129. The van der Waals surface area contributed by atoms with Crippen molar-refractivity contribution >= 4 is 5.69 Å². The molecule has 1 aromatic carbocycles. The molecule has 0 spiro atoms. The molecule has 0 unspecified atom stereocenters. The Labute approximate surface area is 108 Å². The van der Waals surface area contributed by atoms with Crippen LogP contribution in [0.25, 0.3) is 0 Å². The largest absolute Gasteiger partial charge is 0.381 e. The van der Waals surface area contributed by atoms with Crippen molar-refractivity contribution in [3.8, 4) is 0 Å². The predicted octanol–water partition coefficient (Wildman–Crippen LogP) is 2.16. The second-order valence-electron chi connectivity index (χ2n) is 4.69. The Bertz CT molecular complexity index is 389. The third-order valence-electron chi connectivity index (χ3n) is 3.56. The topological polar surface area (TPSA) is 24.5 Å². The van der Waals surface area contributed by atoms with Gasteiger partial charge in [-0.3, -0.25) is 0 Å². The normalized spacial score (nSPS) is 17.2. The van der Waals surface area contributed by atoms with E-state index in [0.717, 1.165) is 37.2 Å². The highest BCUT2D eigenvalue weighted by atomic mass is 19.1. The molecule has 4 heteroatoms. The number of nitrogens with zero attached hydrogens (tertiary/aromatic N) is 1. The van der Waals surface area contributed by atoms with Gasteiger partial charge in [-0.2, -0.15) is 0 Å². The van der Waals surface area contributed by atoms with Crippen molar-refractivity contribution in [3.05, 3.63) is 29.6 Å². The summed E-state index contributed by atoms with van der Waals surface area (Å²) in [5, 5.41) is 3.03. The van der Waals surface area contributed by atoms with E-state index in [0.29, 0.717) is 12.6 Å². The summed E-state index contributed by atoms with van der Waals surface area (Å²) in [7, 11) is 3.60. The number of piperidine rings is 1. The number of halogens is 1. The minimum Gasteiger partial charge on any atom is -0.381 e. The van der Waals surface area contributed by atoms with Crippen LogP contribution in [0, 0.1) is 5.82 Å². The van der Waals surface area contributed by atoms with Crippen LogP contribution in [0.3, 0.4) is 0 Å². The van der Waals surface area contributed by atoms with Gasteiger partial charge >= 0.3 is 0 Å². The fraction of sp³-hybridized carbons (Fsp3) is 0.571. The van der Waals surface area contributed by atoms with Crippen molar-refractivity contribution in [3.63, 3.8) is 0 Å². The summed E-state index contributed by atoms with van der Waals surface area (Å²) in [5.41, 5.74) is 1.77. The van der Waals surface area contributed by atoms with E-state index in [1.165, 1.54) is 6.07 Å². The van der Waals surface area contributed by atoms with E-state index in [-0.39, 0.29) is 5.82 Å². The number of methoxy groups -OCH3 is 1. The van der Waals surface area contributed by atoms with E-state index in [4.69, 9.17) is 4.74 Å². The van der Waals surface area contributed by atoms with Gasteiger partial charge in [-0.1, -0.05) is 6.07 Å². The first-order valence-electron chi connectivity index (χ1n) is 6.46. The van der Waals surface area contributed by atoms with Gasteiger partial charge in [-0.25, -0.2) is 4.39 Å². The molecular formula is C14H21FN2O. The fourth-order valence-electron chi connectivity index (χ4n) is 2.53. The summed E-state index contributed by atoms with van der Waals surface area (Å²) in [6, 6.07) is 5.31. The molecular weight excluding hydrogens is 231 g/mol. The van der Waals surface area contributed by atoms with Gasteiger partial charge in [0.15, 0.2) is 0 Å². The van der Waals surface area contributed by atoms with Crippen molar-refractivity contribution in [2.24, 2.45) is 0 Å². The maximum atomic E-state index is 13.8. The van der Waals surface area contributed by atoms with Crippen LogP contribution in [0.1, 0.15) is 18.4 Å². The van der Waals surface area contributed by atoms with Gasteiger partial charge in [-0.15, -0.1) is 0 Å². The van der Waals surface area contributed by atoms with Crippen LogP contribution in [0.5, 0.6) is 0 Å². The number of rotatable bonds is 4. The predicted molar refractivity (Wildman–Crippen MR) is 71.4 cm³/mol. The van der Waals surface area contributed by atoms with Gasteiger partial charge in [0.25, 0.3) is 0 Å². The van der Waals surface area contributed by atoms with Crippen molar-refractivity contribution < 1.29 is 9.13 Å². The van der Waals surface area contributed by atoms with Gasteiger partial charge in [0, 0.05) is 38.0 Å². The third-order valence-corrected chi connectivity index (χ3v) is 3.56. The molecule has 1 heterocycles. The lowest BCUT2D eigenvalue weighted by atomic mass is 10.0. The molecule has 1 fully saturated rings. The minimum atomic E-state index is -0.129. The van der Waals surface area contributed by atoms with Gasteiger partial charge in [0.2, 0.25) is 0 Å². The SMILES string of the molecule is CNCc1c(F)cccc1N1CCC(OC)CC1. The van der Waals surface area contributed by atoms with Crippen LogP contribution in [-0.2, 0) is 11.3 Å². The smallest absolute Gasteiger partial charge is 0.129 e. The average Bonchev–Trinajstić information content (AvgIpc) is 2.41. The standard InChI is InChI=1S/C14H21FN2O/c1-16-10-12-13(15)4-3-5-14(12)17-8-6-11(18-2)7-9-17/h3-5,11,16H,6-10H2,1-2H3. The molecule has 18 heavy (non-hydrogen) atoms. The maximum Gasteiger partial charge on any atom is 0.129 e. The van der Waals surface area contributed by atoms with E-state index in [1.807, 2.05) is 13.1 Å². The zero-order chi connectivity index (χ0) is 13.0. The van der Waals surface area contributed by atoms with Crippen LogP contribution < -0.4 is 10.2 Å². The van der Waals surface area contributed by atoms with E-state index in [1.54, 1.807) is 13.2 Å². The number of hydrogen-bond donors (Lipinski definition) is 1. The molecule has 0 saturated carbocycles. The third kappa shape index (κ3) is 2.82. The second-order valence-corrected chi connectivity index (χ2v) is 4.69. The van der Waals surface area contributed by atoms with E-state index in [9.17, 15) is 4.39 Å². The number of benzene rings is 1. The molecule has 1 aromatic rings. The van der Waals surface area contributed by atoms with Crippen LogP contribution >= 0.6 is 0 Å². The highest BCUT2D eigenvalue weighted by Crippen LogP contribution is 2.26. The van der Waals surface area contributed by atoms with Crippen molar-refractivity contribution in [2.45, 2.75) is 25.5 Å². The van der Waals surface area contributed by atoms with Crippen LogP contribution in [0.2, 0.25) is 0 Å². The molecule has 0 aliphatic carbocycles. The molecule has 1 saturated heterocycles. The van der Waals surface area contributed by atoms with E-state index in [2.05, 4.69) is 10.2 Å². The summed E-state index contributed by atoms with van der Waals surface area (Å²) in [6.07, 6.45) is 2.36. The Morgan fingerprint density at radius 1 is 1.39 bits per heavy atom. The molecule has 2 rings (SSSR count). The lowest BCUT2D eigenvalue weighted by Gasteiger charge is -2.34. The summed E-state index contributed by atoms with van der Waals surface area (Å²) >= 11 is 0. The number of anilines is 1. The quantitative estimate of drug-likeness (QED) is 0.888. The number of hydrogen-bond acceptors (Lipinski definition) is 3. The first kappa shape index (κ1) is 13.3. The van der Waals surface area contributed by atoms with Crippen LogP contribution in [-0.4, -0.2) is 33.4 Å². The molecule has 1 N–H and O–H groups in total. The monoisotopic (exact) mass is 252 g/mol. The van der Waals surface area contributed by atoms with Gasteiger partial charge in [-0.05, 0) is 32.0 Å². The van der Waals surface area contributed by atoms with E-state index < -0.39 is 0 Å². The molecule has 0 atom stereocenters. The second kappa shape index (κ2) is 6.16. The highest BCUT2D eigenvalue weighted by Gasteiger charge is 2.21. The Morgan fingerprint density at radius 2 is 2.11 bits per heavy atom. The van der Waals surface area contributed by atoms with Crippen molar-refractivity contribution in [2.75, 3.05) is 32.1 Å². The molecule has 3 nitrogen and oxygen atoms in total. The molecule has 0 amide bonds. The average molecular weight is 252 g/mol. The van der Waals surface area contributed by atoms with E-state index >= 15 is 0 Å².